The molecule has 0 spiro atoms. The number of carbonyl (C=O) groups is 2. The van der Waals surface area contributed by atoms with E-state index in [2.05, 4.69) is 5.32 Å². The maximum atomic E-state index is 13.9. The lowest BCUT2D eigenvalue weighted by molar-refractivity contribution is -0.143. The Kier molecular flexibility index (Phi) is 8.81. The molecule has 1 N–H and O–H groups in total. The van der Waals surface area contributed by atoms with Gasteiger partial charge in [0.25, 0.3) is 0 Å². The summed E-state index contributed by atoms with van der Waals surface area (Å²) >= 11 is 0. The minimum atomic E-state index is -5.01. The van der Waals surface area contributed by atoms with Gasteiger partial charge in [0.05, 0.1) is 11.1 Å². The van der Waals surface area contributed by atoms with Gasteiger partial charge in [-0.25, -0.2) is 9.18 Å². The number of ether oxygens (including phenoxy) is 1. The number of alkyl halides is 6. The number of hydrogen-bond acceptors (Lipinski definition) is 3. The number of benzene rings is 2. The van der Waals surface area contributed by atoms with Crippen LogP contribution in [0.15, 0.2) is 36.4 Å². The summed E-state index contributed by atoms with van der Waals surface area (Å²) in [6.07, 6.45) is -10.1. The van der Waals surface area contributed by atoms with Crippen molar-refractivity contribution < 1.29 is 45.1 Å². The van der Waals surface area contributed by atoms with Gasteiger partial charge in [0.2, 0.25) is 5.91 Å². The molecule has 1 fully saturated rings. The lowest BCUT2D eigenvalue weighted by Crippen LogP contribution is -2.48. The molecule has 2 amide bonds. The molecule has 40 heavy (non-hydrogen) atoms. The quantitative estimate of drug-likeness (QED) is 0.385. The second kappa shape index (κ2) is 11.3. The average molecular weight is 577 g/mol. The highest BCUT2D eigenvalue weighted by Gasteiger charge is 2.41. The van der Waals surface area contributed by atoms with E-state index in [1.807, 2.05) is 0 Å². The van der Waals surface area contributed by atoms with Crippen LogP contribution in [0, 0.1) is 12.7 Å². The molecule has 3 rings (SSSR count). The molecule has 0 saturated carbocycles. The van der Waals surface area contributed by atoms with Gasteiger partial charge in [-0.2, -0.15) is 26.3 Å². The number of hydrogen-bond donors (Lipinski definition) is 1. The van der Waals surface area contributed by atoms with E-state index in [1.54, 1.807) is 33.8 Å². The number of nitrogens with one attached hydrogen (secondary N) is 1. The third-order valence-electron chi connectivity index (χ3n) is 6.77. The maximum absolute atomic E-state index is 13.9. The molecule has 0 unspecified atom stereocenters. The van der Waals surface area contributed by atoms with Crippen molar-refractivity contribution in [1.82, 2.24) is 10.2 Å². The fourth-order valence-corrected chi connectivity index (χ4v) is 4.90. The molecule has 1 aliphatic heterocycles. The highest BCUT2D eigenvalue weighted by Crippen LogP contribution is 2.41. The van der Waals surface area contributed by atoms with E-state index < -0.39 is 58.9 Å². The summed E-state index contributed by atoms with van der Waals surface area (Å²) in [6.45, 7) is 6.76. The molecule has 1 aliphatic rings. The SMILES string of the molecule is Cc1cc(F)ccc1C1(CC(=O)NCc2cc(C(F)(F)F)cc(C(F)(F)F)c2)CCN(C(=O)OC(C)(C)C)CC1. The number of piperidine rings is 1. The van der Waals surface area contributed by atoms with Gasteiger partial charge in [-0.05, 0) is 87.6 Å². The zero-order valence-electron chi connectivity index (χ0n) is 22.5. The Hall–Kier alpha value is -3.31. The zero-order valence-corrected chi connectivity index (χ0v) is 22.5. The Balaban J connectivity index is 1.82. The van der Waals surface area contributed by atoms with Gasteiger partial charge >= 0.3 is 18.4 Å². The largest absolute Gasteiger partial charge is 0.444 e. The molecule has 0 aromatic heterocycles. The highest BCUT2D eigenvalue weighted by atomic mass is 19.4. The van der Waals surface area contributed by atoms with Crippen LogP contribution in [0.4, 0.5) is 35.5 Å². The van der Waals surface area contributed by atoms with Crippen LogP contribution in [0.5, 0.6) is 0 Å². The first-order valence-electron chi connectivity index (χ1n) is 12.6. The van der Waals surface area contributed by atoms with Crippen molar-refractivity contribution in [3.63, 3.8) is 0 Å². The third kappa shape index (κ3) is 7.88. The van der Waals surface area contributed by atoms with Crippen molar-refractivity contribution in [3.8, 4) is 0 Å². The van der Waals surface area contributed by atoms with E-state index in [0.29, 0.717) is 36.1 Å². The predicted octanol–water partition coefficient (Wildman–Crippen LogP) is 7.15. The van der Waals surface area contributed by atoms with Gasteiger partial charge in [-0.1, -0.05) is 6.07 Å². The van der Waals surface area contributed by atoms with E-state index in [1.165, 1.54) is 17.0 Å². The van der Waals surface area contributed by atoms with E-state index in [4.69, 9.17) is 4.74 Å². The Morgan fingerprint density at radius 3 is 1.95 bits per heavy atom. The monoisotopic (exact) mass is 576 g/mol. The molecule has 2 aromatic carbocycles. The summed E-state index contributed by atoms with van der Waals surface area (Å²) in [4.78, 5) is 27.1. The molecule has 12 heteroatoms. The Labute approximate surface area is 227 Å². The van der Waals surface area contributed by atoms with Crippen LogP contribution in [-0.4, -0.2) is 35.6 Å². The lowest BCUT2D eigenvalue weighted by atomic mass is 9.69. The minimum Gasteiger partial charge on any atom is -0.444 e. The van der Waals surface area contributed by atoms with Crippen LogP contribution in [0.3, 0.4) is 0 Å². The number of halogens is 7. The number of rotatable bonds is 5. The van der Waals surface area contributed by atoms with Gasteiger partial charge in [0, 0.05) is 31.5 Å². The van der Waals surface area contributed by atoms with E-state index >= 15 is 0 Å². The molecule has 0 atom stereocenters. The molecule has 0 aliphatic carbocycles. The Morgan fingerprint density at radius 2 is 1.48 bits per heavy atom. The molecule has 0 bridgehead atoms. The van der Waals surface area contributed by atoms with Crippen molar-refractivity contribution >= 4 is 12.0 Å². The van der Waals surface area contributed by atoms with Gasteiger partial charge in [-0.15, -0.1) is 0 Å². The smallest absolute Gasteiger partial charge is 0.416 e. The van der Waals surface area contributed by atoms with Crippen LogP contribution in [0.1, 0.15) is 67.9 Å². The summed E-state index contributed by atoms with van der Waals surface area (Å²) in [5.74, 6) is -1.09. The molecule has 5 nitrogen and oxygen atoms in total. The molecule has 1 saturated heterocycles. The van der Waals surface area contributed by atoms with Crippen molar-refractivity contribution in [1.29, 1.82) is 0 Å². The molecule has 1 heterocycles. The summed E-state index contributed by atoms with van der Waals surface area (Å²) in [7, 11) is 0. The van der Waals surface area contributed by atoms with Crippen LogP contribution in [-0.2, 0) is 33.8 Å². The zero-order chi connectivity index (χ0) is 30.1. The summed E-state index contributed by atoms with van der Waals surface area (Å²) in [5.41, 5.74) is -3.63. The second-order valence-electron chi connectivity index (χ2n) is 11.1. The summed E-state index contributed by atoms with van der Waals surface area (Å²) in [6, 6.07) is 5.28. The number of aryl methyl sites for hydroxylation is 1. The van der Waals surface area contributed by atoms with Gasteiger partial charge < -0.3 is 15.0 Å². The average Bonchev–Trinajstić information content (AvgIpc) is 2.80. The van der Waals surface area contributed by atoms with Crippen molar-refractivity contribution in [2.75, 3.05) is 13.1 Å². The minimum absolute atomic E-state index is 0.0239. The van der Waals surface area contributed by atoms with Crippen LogP contribution in [0.25, 0.3) is 0 Å². The molecule has 0 radical (unpaired) electrons. The first-order chi connectivity index (χ1) is 18.3. The maximum Gasteiger partial charge on any atom is 0.416 e. The van der Waals surface area contributed by atoms with Crippen LogP contribution < -0.4 is 5.32 Å². The van der Waals surface area contributed by atoms with Crippen molar-refractivity contribution in [2.45, 2.75) is 76.9 Å². The summed E-state index contributed by atoms with van der Waals surface area (Å²) < 4.78 is 98.5. The Bertz CT molecular complexity index is 1210. The number of likely N-dealkylation sites (tertiary alicyclic amines) is 1. The first kappa shape index (κ1) is 31.2. The Morgan fingerprint density at radius 1 is 0.925 bits per heavy atom. The highest BCUT2D eigenvalue weighted by molar-refractivity contribution is 5.78. The summed E-state index contributed by atoms with van der Waals surface area (Å²) in [5, 5.41) is 2.44. The van der Waals surface area contributed by atoms with Gasteiger partial charge in [-0.3, -0.25) is 4.79 Å². The standard InChI is InChI=1S/C28H31F7N2O3/c1-17-11-21(29)5-6-22(17)26(7-9-37(10-8-26)24(39)40-25(2,3)4)15-23(38)36-16-18-12-19(27(30,31)32)14-20(13-18)28(33,34)35/h5-6,11-14H,7-10,15-16H2,1-4H3,(H,36,38). The van der Waals surface area contributed by atoms with Gasteiger partial charge in [0.15, 0.2) is 0 Å². The van der Waals surface area contributed by atoms with Crippen LogP contribution in [0.2, 0.25) is 0 Å². The molecule has 220 valence electrons. The number of nitrogens with zero attached hydrogens (tertiary/aromatic N) is 1. The predicted molar refractivity (Wildman–Crippen MR) is 133 cm³/mol. The van der Waals surface area contributed by atoms with Crippen molar-refractivity contribution in [3.05, 3.63) is 70.0 Å². The fraction of sp³-hybridized carbons (Fsp3) is 0.500. The lowest BCUT2D eigenvalue weighted by Gasteiger charge is -2.43. The normalized spacial score (nSPS) is 16.0. The molecule has 2 aromatic rings. The van der Waals surface area contributed by atoms with Crippen molar-refractivity contribution in [2.24, 2.45) is 0 Å². The second-order valence-corrected chi connectivity index (χ2v) is 11.1. The first-order valence-corrected chi connectivity index (χ1v) is 12.6. The molecular formula is C28H31F7N2O3. The van der Waals surface area contributed by atoms with Gasteiger partial charge in [0.1, 0.15) is 11.4 Å². The van der Waals surface area contributed by atoms with E-state index in [-0.39, 0.29) is 31.1 Å². The van der Waals surface area contributed by atoms with E-state index in [0.717, 1.165) is 0 Å². The van der Waals surface area contributed by atoms with E-state index in [9.17, 15) is 40.3 Å². The fourth-order valence-electron chi connectivity index (χ4n) is 4.90. The third-order valence-corrected chi connectivity index (χ3v) is 6.77. The number of carbonyl (C=O) groups excluding carboxylic acids is 2. The number of amides is 2. The van der Waals surface area contributed by atoms with Crippen LogP contribution >= 0.6 is 0 Å². The molecular weight excluding hydrogens is 545 g/mol. The topological polar surface area (TPSA) is 58.6 Å².